The van der Waals surface area contributed by atoms with Crippen molar-refractivity contribution in [2.75, 3.05) is 5.32 Å². The van der Waals surface area contributed by atoms with Crippen LogP contribution in [0.3, 0.4) is 0 Å². The molecule has 0 unspecified atom stereocenters. The van der Waals surface area contributed by atoms with E-state index in [0.29, 0.717) is 4.34 Å². The third kappa shape index (κ3) is 4.10. The minimum Gasteiger partial charge on any atom is -0.369 e. The number of para-hydroxylation sites is 1. The van der Waals surface area contributed by atoms with Gasteiger partial charge in [-0.05, 0) is 19.1 Å². The highest BCUT2D eigenvalue weighted by molar-refractivity contribution is 8.02. The molecule has 0 aliphatic heterocycles. The number of hydrogen-bond acceptors (Lipinski definition) is 6. The van der Waals surface area contributed by atoms with Crippen LogP contribution in [0.2, 0.25) is 0 Å². The summed E-state index contributed by atoms with van der Waals surface area (Å²) in [6, 6.07) is 5.09. The molecule has 118 valence electrons. The third-order valence-electron chi connectivity index (χ3n) is 2.56. The zero-order chi connectivity index (χ0) is 16.3. The van der Waals surface area contributed by atoms with Crippen molar-refractivity contribution in [3.63, 3.8) is 0 Å². The van der Waals surface area contributed by atoms with Gasteiger partial charge in [0.1, 0.15) is 0 Å². The molecule has 5 nitrogen and oxygen atoms in total. The highest BCUT2D eigenvalue weighted by Crippen LogP contribution is 2.37. The zero-order valence-corrected chi connectivity index (χ0v) is 12.9. The van der Waals surface area contributed by atoms with Gasteiger partial charge in [0.05, 0.1) is 16.5 Å². The van der Waals surface area contributed by atoms with E-state index in [1.165, 1.54) is 18.2 Å². The third-order valence-corrected chi connectivity index (χ3v) is 4.60. The van der Waals surface area contributed by atoms with Gasteiger partial charge in [-0.15, -0.1) is 10.2 Å². The van der Waals surface area contributed by atoms with Crippen molar-refractivity contribution in [2.45, 2.75) is 22.7 Å². The number of amides is 1. The fourth-order valence-electron chi connectivity index (χ4n) is 1.47. The first kappa shape index (κ1) is 16.6. The summed E-state index contributed by atoms with van der Waals surface area (Å²) in [4.78, 5) is 11.0. The number of aromatic nitrogens is 2. The molecule has 0 aliphatic carbocycles. The maximum absolute atomic E-state index is 12.9. The predicted molar refractivity (Wildman–Crippen MR) is 79.1 cm³/mol. The van der Waals surface area contributed by atoms with Crippen LogP contribution in [0.5, 0.6) is 0 Å². The van der Waals surface area contributed by atoms with Gasteiger partial charge in [0.25, 0.3) is 0 Å². The van der Waals surface area contributed by atoms with E-state index in [9.17, 15) is 18.0 Å². The molecule has 1 heterocycles. The lowest BCUT2D eigenvalue weighted by Gasteiger charge is -2.12. The van der Waals surface area contributed by atoms with Crippen LogP contribution in [0.1, 0.15) is 12.5 Å². The number of benzene rings is 1. The second-order valence-electron chi connectivity index (χ2n) is 4.20. The summed E-state index contributed by atoms with van der Waals surface area (Å²) in [7, 11) is 0. The Balaban J connectivity index is 2.16. The molecule has 22 heavy (non-hydrogen) atoms. The highest BCUT2D eigenvalue weighted by atomic mass is 32.2. The molecule has 0 saturated carbocycles. The lowest BCUT2D eigenvalue weighted by Crippen LogP contribution is -2.22. The molecule has 0 fully saturated rings. The summed E-state index contributed by atoms with van der Waals surface area (Å²) in [6.45, 7) is 1.61. The number of nitrogens with two attached hydrogens (primary N) is 1. The Morgan fingerprint density at radius 1 is 1.36 bits per heavy atom. The highest BCUT2D eigenvalue weighted by Gasteiger charge is 2.33. The predicted octanol–water partition coefficient (Wildman–Crippen LogP) is 3.27. The van der Waals surface area contributed by atoms with Crippen molar-refractivity contribution in [1.29, 1.82) is 0 Å². The molecule has 2 aromatic rings. The van der Waals surface area contributed by atoms with Crippen molar-refractivity contribution >= 4 is 39.8 Å². The van der Waals surface area contributed by atoms with Gasteiger partial charge in [-0.3, -0.25) is 4.79 Å². The number of carbonyl (C=O) groups excluding carboxylic acids is 1. The minimum atomic E-state index is -4.47. The number of nitrogens with one attached hydrogen (secondary N) is 1. The van der Waals surface area contributed by atoms with Gasteiger partial charge < -0.3 is 11.1 Å². The average Bonchev–Trinajstić information content (AvgIpc) is 2.85. The van der Waals surface area contributed by atoms with Gasteiger partial charge >= 0.3 is 6.18 Å². The summed E-state index contributed by atoms with van der Waals surface area (Å²) >= 11 is 2.15. The largest absolute Gasteiger partial charge is 0.418 e. The van der Waals surface area contributed by atoms with E-state index in [-0.39, 0.29) is 10.8 Å². The second-order valence-corrected chi connectivity index (χ2v) is 6.77. The summed E-state index contributed by atoms with van der Waals surface area (Å²) in [5.74, 6) is -0.503. The number of thioether (sulfide) groups is 1. The lowest BCUT2D eigenvalue weighted by atomic mass is 10.2. The maximum Gasteiger partial charge on any atom is 0.418 e. The smallest absolute Gasteiger partial charge is 0.369 e. The van der Waals surface area contributed by atoms with Gasteiger partial charge in [0, 0.05) is 0 Å². The van der Waals surface area contributed by atoms with Gasteiger partial charge in [-0.1, -0.05) is 35.2 Å². The number of anilines is 2. The number of hydrogen-bond donors (Lipinski definition) is 2. The Morgan fingerprint density at radius 3 is 2.68 bits per heavy atom. The first-order chi connectivity index (χ1) is 10.3. The van der Waals surface area contributed by atoms with E-state index in [4.69, 9.17) is 5.73 Å². The van der Waals surface area contributed by atoms with E-state index in [2.05, 4.69) is 15.5 Å². The number of alkyl halides is 3. The van der Waals surface area contributed by atoms with Crippen LogP contribution >= 0.6 is 23.1 Å². The quantitative estimate of drug-likeness (QED) is 0.811. The first-order valence-electron chi connectivity index (χ1n) is 6.00. The van der Waals surface area contributed by atoms with Crippen molar-refractivity contribution in [2.24, 2.45) is 5.73 Å². The van der Waals surface area contributed by atoms with Crippen LogP contribution in [0.4, 0.5) is 24.0 Å². The zero-order valence-electron chi connectivity index (χ0n) is 11.2. The van der Waals surface area contributed by atoms with Crippen LogP contribution in [-0.2, 0) is 11.0 Å². The summed E-state index contributed by atoms with van der Waals surface area (Å²) in [5, 5.41) is 9.88. The number of nitrogens with zero attached hydrogens (tertiary/aromatic N) is 2. The molecule has 1 atom stereocenters. The van der Waals surface area contributed by atoms with Crippen LogP contribution in [0.15, 0.2) is 28.6 Å². The Labute approximate surface area is 132 Å². The van der Waals surface area contributed by atoms with Crippen molar-refractivity contribution < 1.29 is 18.0 Å². The summed E-state index contributed by atoms with van der Waals surface area (Å²) in [6.07, 6.45) is -4.47. The molecule has 0 radical (unpaired) electrons. The standard InChI is InChI=1S/C12H11F3N4OS2/c1-6(9(16)20)21-11-19-18-10(22-11)17-8-5-3-2-4-7(8)12(13,14)15/h2-6H,1H3,(H2,16,20)(H,17,18)/t6-/m1/s1. The number of halogens is 3. The van der Waals surface area contributed by atoms with Gasteiger partial charge in [0.15, 0.2) is 4.34 Å². The Bertz CT molecular complexity index is 674. The Hall–Kier alpha value is -1.81. The first-order valence-corrected chi connectivity index (χ1v) is 7.69. The van der Waals surface area contributed by atoms with Crippen LogP contribution in [-0.4, -0.2) is 21.4 Å². The molecule has 10 heteroatoms. The molecule has 3 N–H and O–H groups in total. The molecule has 0 saturated heterocycles. The fourth-order valence-corrected chi connectivity index (χ4v) is 3.33. The monoisotopic (exact) mass is 348 g/mol. The summed E-state index contributed by atoms with van der Waals surface area (Å²) in [5.41, 5.74) is 4.24. The number of carbonyl (C=O) groups is 1. The van der Waals surface area contributed by atoms with Crippen LogP contribution in [0, 0.1) is 0 Å². The maximum atomic E-state index is 12.9. The SMILES string of the molecule is C[C@@H](Sc1nnc(Nc2ccccc2C(F)(F)F)s1)C(N)=O. The van der Waals surface area contributed by atoms with E-state index in [1.54, 1.807) is 6.92 Å². The van der Waals surface area contributed by atoms with E-state index in [1.807, 2.05) is 0 Å². The molecule has 1 amide bonds. The van der Waals surface area contributed by atoms with Crippen molar-refractivity contribution in [3.05, 3.63) is 29.8 Å². The number of primary amides is 1. The van der Waals surface area contributed by atoms with Crippen molar-refractivity contribution in [1.82, 2.24) is 10.2 Å². The summed E-state index contributed by atoms with van der Waals surface area (Å²) < 4.78 is 39.1. The molecule has 0 bridgehead atoms. The number of rotatable bonds is 5. The second kappa shape index (κ2) is 6.53. The molecular formula is C12H11F3N4OS2. The Morgan fingerprint density at radius 2 is 2.05 bits per heavy atom. The average molecular weight is 348 g/mol. The van der Waals surface area contributed by atoms with Gasteiger partial charge in [-0.2, -0.15) is 13.2 Å². The van der Waals surface area contributed by atoms with Crippen molar-refractivity contribution in [3.8, 4) is 0 Å². The minimum absolute atomic E-state index is 0.106. The fraction of sp³-hybridized carbons (Fsp3) is 0.250. The van der Waals surface area contributed by atoms with Gasteiger partial charge in [0.2, 0.25) is 11.0 Å². The van der Waals surface area contributed by atoms with Crippen LogP contribution < -0.4 is 11.1 Å². The van der Waals surface area contributed by atoms with Gasteiger partial charge in [-0.25, -0.2) is 0 Å². The molecule has 1 aromatic carbocycles. The lowest BCUT2D eigenvalue weighted by molar-refractivity contribution is -0.136. The van der Waals surface area contributed by atoms with Crippen LogP contribution in [0.25, 0.3) is 0 Å². The topological polar surface area (TPSA) is 80.9 Å². The molecular weight excluding hydrogens is 337 g/mol. The van der Waals surface area contributed by atoms with E-state index < -0.39 is 22.9 Å². The molecule has 0 aliphatic rings. The van der Waals surface area contributed by atoms with E-state index in [0.717, 1.165) is 29.2 Å². The Kier molecular flexibility index (Phi) is 4.91. The molecule has 1 aromatic heterocycles. The van der Waals surface area contributed by atoms with E-state index >= 15 is 0 Å². The molecule has 0 spiro atoms. The normalized spacial score (nSPS) is 12.9. The molecule has 2 rings (SSSR count).